The number of carboxylic acid groups (broad SMARTS) is 1. The average Bonchev–Trinajstić information content (AvgIpc) is 2.34. The van der Waals surface area contributed by atoms with E-state index in [0.717, 1.165) is 18.9 Å². The van der Waals surface area contributed by atoms with Crippen LogP contribution in [0.25, 0.3) is 0 Å². The van der Waals surface area contributed by atoms with Crippen molar-refractivity contribution in [3.63, 3.8) is 0 Å². The first-order valence-corrected chi connectivity index (χ1v) is 7.51. The molecule has 1 saturated heterocycles. The fourth-order valence-electron chi connectivity index (χ4n) is 2.92. The van der Waals surface area contributed by atoms with Gasteiger partial charge in [-0.2, -0.15) is 0 Å². The van der Waals surface area contributed by atoms with Crippen molar-refractivity contribution >= 4 is 27.8 Å². The third kappa shape index (κ3) is 3.26. The summed E-state index contributed by atoms with van der Waals surface area (Å²) in [6, 6.07) is 2.99. The van der Waals surface area contributed by atoms with Crippen molar-refractivity contribution in [3.05, 3.63) is 34.1 Å². The maximum atomic E-state index is 13.4. The highest BCUT2D eigenvalue weighted by Crippen LogP contribution is 2.36. The number of aliphatic carboxylic acids is 1. The Bertz CT molecular complexity index is 568. The normalized spacial score (nSPS) is 21.1. The summed E-state index contributed by atoms with van der Waals surface area (Å²) in [7, 11) is 0. The van der Waals surface area contributed by atoms with Crippen LogP contribution in [0, 0.1) is 11.2 Å². The molecule has 1 aliphatic rings. The van der Waals surface area contributed by atoms with E-state index >= 15 is 0 Å². The molecule has 21 heavy (non-hydrogen) atoms. The molecular weight excluding hydrogens is 341 g/mol. The number of amides is 1. The molecule has 0 spiro atoms. The number of halogens is 2. The van der Waals surface area contributed by atoms with Gasteiger partial charge in [-0.25, -0.2) is 9.18 Å². The Hall–Kier alpha value is -1.43. The summed E-state index contributed by atoms with van der Waals surface area (Å²) in [4.78, 5) is 25.5. The Morgan fingerprint density at radius 3 is 2.62 bits per heavy atom. The minimum atomic E-state index is -1.02. The van der Waals surface area contributed by atoms with Gasteiger partial charge in [0.15, 0.2) is 0 Å². The topological polar surface area (TPSA) is 57.6 Å². The molecule has 2 rings (SSSR count). The van der Waals surface area contributed by atoms with Crippen molar-refractivity contribution in [3.8, 4) is 0 Å². The minimum absolute atomic E-state index is 0.158. The number of rotatable bonds is 2. The van der Waals surface area contributed by atoms with Crippen molar-refractivity contribution < 1.29 is 19.1 Å². The molecule has 0 radical (unpaired) electrons. The van der Waals surface area contributed by atoms with E-state index in [1.165, 1.54) is 17.0 Å². The van der Waals surface area contributed by atoms with E-state index in [4.69, 9.17) is 0 Å². The van der Waals surface area contributed by atoms with Crippen LogP contribution < -0.4 is 0 Å². The molecule has 114 valence electrons. The second kappa shape index (κ2) is 5.75. The fourth-order valence-corrected chi connectivity index (χ4v) is 3.39. The van der Waals surface area contributed by atoms with Gasteiger partial charge >= 0.3 is 5.97 Å². The van der Waals surface area contributed by atoms with E-state index in [0.29, 0.717) is 11.0 Å². The van der Waals surface area contributed by atoms with Gasteiger partial charge in [0.25, 0.3) is 5.91 Å². The molecule has 1 N–H and O–H groups in total. The SMILES string of the molecule is CC1(C)CCCN(C(=O)c2cc(F)cc(Br)c2)C1C(=O)O. The lowest BCUT2D eigenvalue weighted by atomic mass is 9.76. The predicted molar refractivity (Wildman–Crippen MR) is 79.6 cm³/mol. The largest absolute Gasteiger partial charge is 0.480 e. The molecule has 1 aromatic carbocycles. The van der Waals surface area contributed by atoms with E-state index in [9.17, 15) is 19.1 Å². The molecule has 1 heterocycles. The van der Waals surface area contributed by atoms with E-state index < -0.39 is 29.2 Å². The van der Waals surface area contributed by atoms with Crippen molar-refractivity contribution in [2.24, 2.45) is 5.41 Å². The minimum Gasteiger partial charge on any atom is -0.480 e. The van der Waals surface area contributed by atoms with Crippen LogP contribution in [0.2, 0.25) is 0 Å². The molecule has 4 nitrogen and oxygen atoms in total. The first-order chi connectivity index (χ1) is 9.72. The lowest BCUT2D eigenvalue weighted by Gasteiger charge is -2.44. The summed E-state index contributed by atoms with van der Waals surface area (Å²) in [5, 5.41) is 9.47. The number of carbonyl (C=O) groups excluding carboxylic acids is 1. The second-order valence-corrected chi connectivity index (χ2v) is 6.91. The predicted octanol–water partition coefficient (Wildman–Crippen LogP) is 3.30. The van der Waals surface area contributed by atoms with Gasteiger partial charge in [-0.15, -0.1) is 0 Å². The summed E-state index contributed by atoms with van der Waals surface area (Å²) in [5.74, 6) is -2.00. The zero-order valence-electron chi connectivity index (χ0n) is 11.9. The number of carboxylic acids is 1. The molecule has 0 aliphatic carbocycles. The van der Waals surface area contributed by atoms with Gasteiger partial charge in [-0.05, 0) is 36.5 Å². The number of nitrogens with zero attached hydrogens (tertiary/aromatic N) is 1. The number of carbonyl (C=O) groups is 2. The maximum absolute atomic E-state index is 13.4. The van der Waals surface area contributed by atoms with Crippen LogP contribution in [0.1, 0.15) is 37.0 Å². The third-order valence-corrected chi connectivity index (χ3v) is 4.33. The summed E-state index contributed by atoms with van der Waals surface area (Å²) in [6.45, 7) is 4.05. The molecule has 6 heteroatoms. The Morgan fingerprint density at radius 2 is 2.05 bits per heavy atom. The molecule has 1 atom stereocenters. The van der Waals surface area contributed by atoms with Crippen LogP contribution in [0.4, 0.5) is 4.39 Å². The number of hydrogen-bond acceptors (Lipinski definition) is 2. The summed E-state index contributed by atoms with van der Waals surface area (Å²) >= 11 is 3.14. The monoisotopic (exact) mass is 357 g/mol. The van der Waals surface area contributed by atoms with Crippen LogP contribution in [0.5, 0.6) is 0 Å². The summed E-state index contributed by atoms with van der Waals surface area (Å²) in [6.07, 6.45) is 1.47. The van der Waals surface area contributed by atoms with E-state index in [2.05, 4.69) is 15.9 Å². The quantitative estimate of drug-likeness (QED) is 0.883. The zero-order valence-corrected chi connectivity index (χ0v) is 13.5. The van der Waals surface area contributed by atoms with E-state index in [1.54, 1.807) is 0 Å². The molecular formula is C15H17BrFNO3. The molecule has 0 aromatic heterocycles. The highest BCUT2D eigenvalue weighted by molar-refractivity contribution is 9.10. The van der Waals surface area contributed by atoms with Crippen LogP contribution in [-0.2, 0) is 4.79 Å². The lowest BCUT2D eigenvalue weighted by molar-refractivity contribution is -0.148. The highest BCUT2D eigenvalue weighted by atomic mass is 79.9. The van der Waals surface area contributed by atoms with Crippen LogP contribution in [0.3, 0.4) is 0 Å². The number of benzene rings is 1. The Morgan fingerprint density at radius 1 is 1.38 bits per heavy atom. The summed E-state index contributed by atoms with van der Waals surface area (Å²) in [5.41, 5.74) is -0.351. The summed E-state index contributed by atoms with van der Waals surface area (Å²) < 4.78 is 13.9. The van der Waals surface area contributed by atoms with Crippen LogP contribution in [-0.4, -0.2) is 34.5 Å². The maximum Gasteiger partial charge on any atom is 0.326 e. The first-order valence-electron chi connectivity index (χ1n) is 6.72. The molecule has 1 aliphatic heterocycles. The van der Waals surface area contributed by atoms with Crippen LogP contribution >= 0.6 is 15.9 Å². The van der Waals surface area contributed by atoms with Crippen molar-refractivity contribution in [2.75, 3.05) is 6.54 Å². The van der Waals surface area contributed by atoms with Gasteiger partial charge in [0.1, 0.15) is 11.9 Å². The van der Waals surface area contributed by atoms with Gasteiger partial charge in [0, 0.05) is 16.6 Å². The molecule has 1 unspecified atom stereocenters. The smallest absolute Gasteiger partial charge is 0.326 e. The fraction of sp³-hybridized carbons (Fsp3) is 0.467. The van der Waals surface area contributed by atoms with Crippen molar-refractivity contribution in [1.82, 2.24) is 4.90 Å². The molecule has 1 amide bonds. The average molecular weight is 358 g/mol. The number of likely N-dealkylation sites (tertiary alicyclic amines) is 1. The van der Waals surface area contributed by atoms with Crippen molar-refractivity contribution in [1.29, 1.82) is 0 Å². The molecule has 1 aromatic rings. The Balaban J connectivity index is 2.38. The van der Waals surface area contributed by atoms with E-state index in [-0.39, 0.29) is 5.56 Å². The zero-order chi connectivity index (χ0) is 15.8. The van der Waals surface area contributed by atoms with E-state index in [1.807, 2.05) is 13.8 Å². The number of hydrogen-bond donors (Lipinski definition) is 1. The Kier molecular flexibility index (Phi) is 4.37. The molecule has 0 bridgehead atoms. The van der Waals surface area contributed by atoms with Crippen LogP contribution in [0.15, 0.2) is 22.7 Å². The highest BCUT2D eigenvalue weighted by Gasteiger charge is 2.44. The molecule has 1 fully saturated rings. The van der Waals surface area contributed by atoms with Gasteiger partial charge in [-0.3, -0.25) is 4.79 Å². The van der Waals surface area contributed by atoms with Gasteiger partial charge in [0.05, 0.1) is 0 Å². The first kappa shape index (κ1) is 15.9. The third-order valence-electron chi connectivity index (χ3n) is 3.88. The van der Waals surface area contributed by atoms with Crippen molar-refractivity contribution in [2.45, 2.75) is 32.7 Å². The molecule has 0 saturated carbocycles. The number of piperidine rings is 1. The van der Waals surface area contributed by atoms with Gasteiger partial charge < -0.3 is 10.0 Å². The van der Waals surface area contributed by atoms with Gasteiger partial charge in [0.2, 0.25) is 0 Å². The second-order valence-electron chi connectivity index (χ2n) is 5.99. The van der Waals surface area contributed by atoms with Gasteiger partial charge in [-0.1, -0.05) is 29.8 Å². The Labute approximate surface area is 131 Å². The standard InChI is InChI=1S/C15H17BrFNO3/c1-15(2)4-3-5-18(12(15)14(20)21)13(19)9-6-10(16)8-11(17)7-9/h6-8,12H,3-5H2,1-2H3,(H,20,21). The lowest BCUT2D eigenvalue weighted by Crippen LogP contribution is -2.56.